The molecule has 0 bridgehead atoms. The van der Waals surface area contributed by atoms with E-state index in [0.717, 1.165) is 35.3 Å². The summed E-state index contributed by atoms with van der Waals surface area (Å²) in [6.45, 7) is 2.94. The third kappa shape index (κ3) is 2.81. The predicted molar refractivity (Wildman–Crippen MR) is 78.9 cm³/mol. The first-order valence-corrected chi connectivity index (χ1v) is 6.88. The Kier molecular flexibility index (Phi) is 3.73. The van der Waals surface area contributed by atoms with E-state index in [1.54, 1.807) is 24.5 Å². The summed E-state index contributed by atoms with van der Waals surface area (Å²) in [5.41, 5.74) is 3.64. The molecule has 0 spiro atoms. The van der Waals surface area contributed by atoms with Gasteiger partial charge in [-0.1, -0.05) is 6.92 Å². The van der Waals surface area contributed by atoms with Gasteiger partial charge in [0.1, 0.15) is 11.5 Å². The maximum absolute atomic E-state index is 13.1. The van der Waals surface area contributed by atoms with Crippen LogP contribution in [-0.2, 0) is 6.54 Å². The van der Waals surface area contributed by atoms with Crippen molar-refractivity contribution in [1.82, 2.24) is 20.0 Å². The van der Waals surface area contributed by atoms with Gasteiger partial charge in [-0.25, -0.2) is 4.39 Å². The lowest BCUT2D eigenvalue weighted by molar-refractivity contribution is 0.604. The summed E-state index contributed by atoms with van der Waals surface area (Å²) in [5.74, 6) is -0.251. The van der Waals surface area contributed by atoms with Crippen molar-refractivity contribution in [3.8, 4) is 22.4 Å². The van der Waals surface area contributed by atoms with Crippen molar-refractivity contribution in [2.75, 3.05) is 0 Å². The minimum absolute atomic E-state index is 0.251. The summed E-state index contributed by atoms with van der Waals surface area (Å²) in [7, 11) is 0. The van der Waals surface area contributed by atoms with Crippen LogP contribution in [0.4, 0.5) is 4.39 Å². The molecule has 2 heterocycles. The molecule has 0 atom stereocenters. The van der Waals surface area contributed by atoms with Gasteiger partial charge >= 0.3 is 0 Å². The van der Waals surface area contributed by atoms with Gasteiger partial charge in [0.05, 0.1) is 12.4 Å². The van der Waals surface area contributed by atoms with Gasteiger partial charge in [0.25, 0.3) is 0 Å². The van der Waals surface area contributed by atoms with Gasteiger partial charge in [-0.05, 0) is 36.8 Å². The number of benzene rings is 1. The molecule has 2 aromatic heterocycles. The zero-order valence-electron chi connectivity index (χ0n) is 11.7. The Morgan fingerprint density at radius 3 is 2.52 bits per heavy atom. The lowest BCUT2D eigenvalue weighted by Gasteiger charge is -2.01. The first-order valence-electron chi connectivity index (χ1n) is 6.88. The van der Waals surface area contributed by atoms with Crippen LogP contribution in [0.15, 0.2) is 48.9 Å². The Labute approximate surface area is 122 Å². The molecule has 0 saturated carbocycles. The highest BCUT2D eigenvalue weighted by atomic mass is 19.1. The highest BCUT2D eigenvalue weighted by Gasteiger charge is 2.13. The van der Waals surface area contributed by atoms with Gasteiger partial charge in [-0.15, -0.1) is 0 Å². The monoisotopic (exact) mass is 282 g/mol. The van der Waals surface area contributed by atoms with E-state index in [0.29, 0.717) is 0 Å². The van der Waals surface area contributed by atoms with Crippen molar-refractivity contribution < 1.29 is 4.39 Å². The smallest absolute Gasteiger partial charge is 0.123 e. The van der Waals surface area contributed by atoms with E-state index in [9.17, 15) is 4.39 Å². The van der Waals surface area contributed by atoms with E-state index in [1.165, 1.54) is 12.1 Å². The fourth-order valence-electron chi connectivity index (χ4n) is 2.25. The number of halogens is 1. The molecule has 0 unspecified atom stereocenters. The van der Waals surface area contributed by atoms with Crippen LogP contribution >= 0.6 is 0 Å². The number of hydrogen-bond acceptors (Lipinski definition) is 3. The molecule has 0 amide bonds. The van der Waals surface area contributed by atoms with E-state index in [4.69, 9.17) is 0 Å². The molecule has 0 fully saturated rings. The number of nitrogens with zero attached hydrogens (tertiary/aromatic N) is 4. The van der Waals surface area contributed by atoms with E-state index in [1.807, 2.05) is 16.9 Å². The van der Waals surface area contributed by atoms with Crippen LogP contribution in [0.1, 0.15) is 13.3 Å². The molecule has 0 aliphatic carbocycles. The third-order valence-electron chi connectivity index (χ3n) is 3.23. The fourth-order valence-corrected chi connectivity index (χ4v) is 2.25. The van der Waals surface area contributed by atoms with E-state index in [-0.39, 0.29) is 5.82 Å². The molecule has 0 aliphatic heterocycles. The quantitative estimate of drug-likeness (QED) is 0.735. The van der Waals surface area contributed by atoms with Crippen molar-refractivity contribution in [2.45, 2.75) is 19.9 Å². The number of aromatic nitrogens is 4. The van der Waals surface area contributed by atoms with E-state index < -0.39 is 0 Å². The van der Waals surface area contributed by atoms with Crippen molar-refractivity contribution >= 4 is 0 Å². The van der Waals surface area contributed by atoms with Crippen LogP contribution in [0.25, 0.3) is 22.4 Å². The number of rotatable bonds is 4. The second-order valence-electron chi connectivity index (χ2n) is 4.79. The highest BCUT2D eigenvalue weighted by Crippen LogP contribution is 2.30. The lowest BCUT2D eigenvalue weighted by Crippen LogP contribution is -1.96. The van der Waals surface area contributed by atoms with E-state index in [2.05, 4.69) is 22.2 Å². The van der Waals surface area contributed by atoms with Crippen LogP contribution < -0.4 is 0 Å². The second-order valence-corrected chi connectivity index (χ2v) is 4.79. The van der Waals surface area contributed by atoms with Crippen LogP contribution in [0.5, 0.6) is 0 Å². The largest absolute Gasteiger partial charge is 0.271 e. The number of aryl methyl sites for hydroxylation is 1. The van der Waals surface area contributed by atoms with Gasteiger partial charge in [0.2, 0.25) is 0 Å². The average molecular weight is 282 g/mol. The first-order chi connectivity index (χ1) is 10.3. The predicted octanol–water partition coefficient (Wildman–Crippen LogP) is 3.56. The summed E-state index contributed by atoms with van der Waals surface area (Å²) in [5, 5.41) is 12.3. The van der Waals surface area contributed by atoms with Crippen LogP contribution in [0.2, 0.25) is 0 Å². The molecule has 0 radical (unpaired) electrons. The lowest BCUT2D eigenvalue weighted by atomic mass is 10.0. The molecule has 3 rings (SSSR count). The van der Waals surface area contributed by atoms with E-state index >= 15 is 0 Å². The average Bonchev–Trinajstić information content (AvgIpc) is 2.93. The molecule has 3 aromatic rings. The molecule has 106 valence electrons. The molecule has 0 aliphatic rings. The maximum atomic E-state index is 13.1. The van der Waals surface area contributed by atoms with Gasteiger partial charge in [0, 0.05) is 29.4 Å². The topological polar surface area (TPSA) is 43.6 Å². The summed E-state index contributed by atoms with van der Waals surface area (Å²) >= 11 is 0. The Morgan fingerprint density at radius 2 is 1.86 bits per heavy atom. The standard InChI is InChI=1S/C16H15FN4/c1-2-9-21-11-15(13-7-8-18-19-10-13)16(20-21)12-3-5-14(17)6-4-12/h3-8,10-11H,2,9H2,1H3. The molecular weight excluding hydrogens is 267 g/mol. The van der Waals surface area contributed by atoms with Gasteiger partial charge in [0.15, 0.2) is 0 Å². The van der Waals surface area contributed by atoms with Crippen LogP contribution in [0, 0.1) is 5.82 Å². The van der Waals surface area contributed by atoms with Crippen molar-refractivity contribution in [2.24, 2.45) is 0 Å². The summed E-state index contributed by atoms with van der Waals surface area (Å²) < 4.78 is 15.0. The summed E-state index contributed by atoms with van der Waals surface area (Å²) in [6, 6.07) is 8.27. The minimum Gasteiger partial charge on any atom is -0.271 e. The SMILES string of the molecule is CCCn1cc(-c2ccnnc2)c(-c2ccc(F)cc2)n1. The Morgan fingerprint density at radius 1 is 1.05 bits per heavy atom. The van der Waals surface area contributed by atoms with Crippen LogP contribution in [-0.4, -0.2) is 20.0 Å². The molecule has 21 heavy (non-hydrogen) atoms. The highest BCUT2D eigenvalue weighted by molar-refractivity contribution is 5.79. The second kappa shape index (κ2) is 5.83. The Balaban J connectivity index is 2.11. The van der Waals surface area contributed by atoms with Crippen molar-refractivity contribution in [3.05, 3.63) is 54.7 Å². The zero-order chi connectivity index (χ0) is 14.7. The number of hydrogen-bond donors (Lipinski definition) is 0. The normalized spacial score (nSPS) is 10.8. The third-order valence-corrected chi connectivity index (χ3v) is 3.23. The molecule has 0 N–H and O–H groups in total. The van der Waals surface area contributed by atoms with Crippen LogP contribution in [0.3, 0.4) is 0 Å². The molecule has 1 aromatic carbocycles. The molecule has 0 saturated heterocycles. The van der Waals surface area contributed by atoms with Gasteiger partial charge < -0.3 is 0 Å². The minimum atomic E-state index is -0.251. The summed E-state index contributed by atoms with van der Waals surface area (Å²) in [4.78, 5) is 0. The Hall–Kier alpha value is -2.56. The molecule has 5 heteroatoms. The zero-order valence-corrected chi connectivity index (χ0v) is 11.7. The molecule has 4 nitrogen and oxygen atoms in total. The Bertz CT molecular complexity index is 720. The summed E-state index contributed by atoms with van der Waals surface area (Å²) in [6.07, 6.45) is 6.36. The maximum Gasteiger partial charge on any atom is 0.123 e. The van der Waals surface area contributed by atoms with Gasteiger partial charge in [-0.3, -0.25) is 4.68 Å². The van der Waals surface area contributed by atoms with Crippen molar-refractivity contribution in [3.63, 3.8) is 0 Å². The van der Waals surface area contributed by atoms with Crippen molar-refractivity contribution in [1.29, 1.82) is 0 Å². The van der Waals surface area contributed by atoms with Gasteiger partial charge in [-0.2, -0.15) is 15.3 Å². The molecular formula is C16H15FN4. The fraction of sp³-hybridized carbons (Fsp3) is 0.188. The first kappa shape index (κ1) is 13.4.